The van der Waals surface area contributed by atoms with Gasteiger partial charge >= 0.3 is 17.9 Å². The Morgan fingerprint density at radius 3 is 1.30 bits per heavy atom. The summed E-state index contributed by atoms with van der Waals surface area (Å²) in [6.07, 6.45) is 3.57. The zero-order valence-electron chi connectivity index (χ0n) is 27.0. The van der Waals surface area contributed by atoms with E-state index in [0.717, 1.165) is 11.4 Å². The first-order valence-corrected chi connectivity index (χ1v) is 14.4. The number of rotatable bonds is 12. The maximum Gasteiger partial charge on any atom is 0.344 e. The second-order valence-electron chi connectivity index (χ2n) is 13.1. The molecule has 44 heavy (non-hydrogen) atoms. The molecule has 0 aliphatic rings. The summed E-state index contributed by atoms with van der Waals surface area (Å²) >= 11 is 0. The highest BCUT2D eigenvalue weighted by molar-refractivity contribution is 5.73. The number of esters is 3. The van der Waals surface area contributed by atoms with Gasteiger partial charge in [0, 0.05) is 35.9 Å². The molecule has 3 aromatic rings. The lowest BCUT2D eigenvalue weighted by atomic mass is 9.90. The molecule has 0 saturated carbocycles. The van der Waals surface area contributed by atoms with Crippen LogP contribution in [0, 0.1) is 0 Å². The monoisotopic (exact) mass is 612 g/mol. The first-order chi connectivity index (χ1) is 20.4. The van der Waals surface area contributed by atoms with Crippen LogP contribution < -0.4 is 14.2 Å². The van der Waals surface area contributed by atoms with Gasteiger partial charge in [0.2, 0.25) is 0 Å². The molecular weight excluding hydrogens is 568 g/mol. The highest BCUT2D eigenvalue weighted by Crippen LogP contribution is 2.44. The van der Waals surface area contributed by atoms with Crippen molar-refractivity contribution in [3.05, 3.63) is 65.7 Å². The maximum atomic E-state index is 12.7. The summed E-state index contributed by atoms with van der Waals surface area (Å²) in [5, 5.41) is 0. The predicted molar refractivity (Wildman–Crippen MR) is 163 cm³/mol. The van der Waals surface area contributed by atoms with Gasteiger partial charge < -0.3 is 38.4 Å². The summed E-state index contributed by atoms with van der Waals surface area (Å²) in [7, 11) is 0. The van der Waals surface area contributed by atoms with Gasteiger partial charge in [-0.3, -0.25) is 0 Å². The van der Waals surface area contributed by atoms with Gasteiger partial charge in [0.1, 0.15) is 34.1 Å². The maximum absolute atomic E-state index is 12.7. The van der Waals surface area contributed by atoms with Crippen molar-refractivity contribution in [2.24, 2.45) is 0 Å². The highest BCUT2D eigenvalue weighted by Gasteiger charge is 2.30. The van der Waals surface area contributed by atoms with Crippen molar-refractivity contribution in [2.45, 2.75) is 85.0 Å². The van der Waals surface area contributed by atoms with Gasteiger partial charge in [-0.05, 0) is 86.6 Å². The molecule has 0 saturated heterocycles. The smallest absolute Gasteiger partial charge is 0.344 e. The van der Waals surface area contributed by atoms with E-state index in [1.165, 1.54) is 0 Å². The van der Waals surface area contributed by atoms with Gasteiger partial charge in [0.15, 0.2) is 19.8 Å². The molecule has 0 bridgehead atoms. The molecule has 0 fully saturated rings. The molecule has 0 atom stereocenters. The summed E-state index contributed by atoms with van der Waals surface area (Å²) in [6.45, 7) is 14.6. The number of aromatic amines is 2. The molecule has 2 aromatic heterocycles. The van der Waals surface area contributed by atoms with Crippen LogP contribution in [0.25, 0.3) is 0 Å². The third kappa shape index (κ3) is 11.0. The number of H-pyrrole nitrogens is 2. The van der Waals surface area contributed by atoms with Gasteiger partial charge in [-0.1, -0.05) is 0 Å². The van der Waals surface area contributed by atoms with E-state index in [1.54, 1.807) is 86.8 Å². The molecule has 11 heteroatoms. The summed E-state index contributed by atoms with van der Waals surface area (Å²) in [5.74, 6) is -1.65. The molecule has 0 unspecified atom stereocenters. The van der Waals surface area contributed by atoms with Crippen molar-refractivity contribution >= 4 is 17.9 Å². The number of hydrogen-bond acceptors (Lipinski definition) is 9. The Balaban J connectivity index is 2.11. The Bertz CT molecular complexity index is 1300. The fraction of sp³-hybridized carbons (Fsp3) is 0.485. The average molecular weight is 613 g/mol. The second-order valence-corrected chi connectivity index (χ2v) is 13.1. The Labute approximate surface area is 258 Å². The quantitative estimate of drug-likeness (QED) is 0.195. The number of hydrogen-bond donors (Lipinski definition) is 2. The average Bonchev–Trinajstić information content (AvgIpc) is 3.58. The Kier molecular flexibility index (Phi) is 10.8. The molecule has 0 amide bonds. The molecule has 11 nitrogen and oxygen atoms in total. The molecule has 1 aromatic carbocycles. The molecular formula is C33H44N2O9. The molecule has 2 heterocycles. The van der Waals surface area contributed by atoms with Crippen LogP contribution >= 0.6 is 0 Å². The van der Waals surface area contributed by atoms with E-state index in [9.17, 15) is 14.4 Å². The van der Waals surface area contributed by atoms with Crippen molar-refractivity contribution in [2.75, 3.05) is 19.8 Å². The standard InChI is InChI=1S/C33H44N2O9/c1-31(2,3)42-26(36)18-39-21-16-24(40-19-27(37)43-32(4,5)6)30(25(17-21)41-20-28(38)44-33(7,8)9)29(22-12-10-14-34-22)23-13-11-15-35-23/h10-17,29,34-35H,18-20H2,1-9H3. The number of carbonyl (C=O) groups excluding carboxylic acids is 3. The predicted octanol–water partition coefficient (Wildman–Crippen LogP) is 5.68. The Morgan fingerprint density at radius 1 is 0.614 bits per heavy atom. The fourth-order valence-corrected chi connectivity index (χ4v) is 4.24. The lowest BCUT2D eigenvalue weighted by Gasteiger charge is -2.25. The van der Waals surface area contributed by atoms with Crippen molar-refractivity contribution in [3.63, 3.8) is 0 Å². The van der Waals surface area contributed by atoms with Crippen molar-refractivity contribution in [1.82, 2.24) is 9.97 Å². The molecule has 0 aliphatic heterocycles. The first-order valence-electron chi connectivity index (χ1n) is 14.4. The van der Waals surface area contributed by atoms with Gasteiger partial charge in [0.05, 0.1) is 11.5 Å². The van der Waals surface area contributed by atoms with Gasteiger partial charge in [-0.2, -0.15) is 0 Å². The molecule has 2 N–H and O–H groups in total. The molecule has 0 radical (unpaired) electrons. The first kappa shape index (κ1) is 34.1. The van der Waals surface area contributed by atoms with Gasteiger partial charge in [-0.15, -0.1) is 0 Å². The van der Waals surface area contributed by atoms with Crippen LogP contribution in [0.1, 0.15) is 85.2 Å². The Hall–Kier alpha value is -4.41. The van der Waals surface area contributed by atoms with E-state index in [0.29, 0.717) is 5.56 Å². The minimum atomic E-state index is -0.722. The molecule has 0 spiro atoms. The van der Waals surface area contributed by atoms with E-state index < -0.39 is 60.4 Å². The van der Waals surface area contributed by atoms with Gasteiger partial charge in [0.25, 0.3) is 0 Å². The topological polar surface area (TPSA) is 138 Å². The van der Waals surface area contributed by atoms with Crippen molar-refractivity contribution in [1.29, 1.82) is 0 Å². The van der Waals surface area contributed by atoms with Crippen LogP contribution in [-0.2, 0) is 28.6 Å². The summed E-state index contributed by atoms with van der Waals surface area (Å²) in [6, 6.07) is 10.6. The normalized spacial score (nSPS) is 12.0. The Morgan fingerprint density at radius 2 is 0.977 bits per heavy atom. The summed E-state index contributed by atoms with van der Waals surface area (Å²) in [4.78, 5) is 44.3. The highest BCUT2D eigenvalue weighted by atomic mass is 16.6. The molecule has 0 aliphatic carbocycles. The lowest BCUT2D eigenvalue weighted by molar-refractivity contribution is -0.158. The number of benzene rings is 1. The van der Waals surface area contributed by atoms with E-state index in [4.69, 9.17) is 28.4 Å². The number of aromatic nitrogens is 2. The van der Waals surface area contributed by atoms with Crippen LogP contribution in [0.2, 0.25) is 0 Å². The summed E-state index contributed by atoms with van der Waals surface area (Å²) in [5.41, 5.74) is -0.0990. The number of carbonyl (C=O) groups is 3. The van der Waals surface area contributed by atoms with Crippen LogP contribution in [0.3, 0.4) is 0 Å². The van der Waals surface area contributed by atoms with Crippen molar-refractivity contribution in [3.8, 4) is 17.2 Å². The second kappa shape index (κ2) is 13.9. The van der Waals surface area contributed by atoms with E-state index in [1.807, 2.05) is 24.3 Å². The summed E-state index contributed by atoms with van der Waals surface area (Å²) < 4.78 is 34.3. The van der Waals surface area contributed by atoms with Crippen LogP contribution in [0.5, 0.6) is 17.2 Å². The molecule has 3 rings (SSSR count). The minimum absolute atomic E-state index is 0.190. The zero-order chi connectivity index (χ0) is 32.7. The van der Waals surface area contributed by atoms with E-state index in [2.05, 4.69) is 9.97 Å². The van der Waals surface area contributed by atoms with Crippen LogP contribution in [0.4, 0.5) is 0 Å². The third-order valence-electron chi connectivity index (χ3n) is 5.54. The van der Waals surface area contributed by atoms with Crippen LogP contribution in [-0.4, -0.2) is 64.5 Å². The molecule has 240 valence electrons. The van der Waals surface area contributed by atoms with E-state index >= 15 is 0 Å². The van der Waals surface area contributed by atoms with Crippen LogP contribution in [0.15, 0.2) is 48.8 Å². The van der Waals surface area contributed by atoms with Gasteiger partial charge in [-0.25, -0.2) is 14.4 Å². The SMILES string of the molecule is CC(C)(C)OC(=O)COc1cc(OCC(=O)OC(C)(C)C)c(C(c2ccc[nH]2)c2ccc[nH]2)c(OCC(=O)OC(C)(C)C)c1. The zero-order valence-corrected chi connectivity index (χ0v) is 27.0. The van der Waals surface area contributed by atoms with Crippen molar-refractivity contribution < 1.29 is 42.8 Å². The van der Waals surface area contributed by atoms with E-state index in [-0.39, 0.29) is 17.2 Å². The number of nitrogens with one attached hydrogen (secondary N) is 2. The largest absolute Gasteiger partial charge is 0.482 e. The minimum Gasteiger partial charge on any atom is -0.482 e. The third-order valence-corrected chi connectivity index (χ3v) is 5.54. The lowest BCUT2D eigenvalue weighted by Crippen LogP contribution is -2.28. The fourth-order valence-electron chi connectivity index (χ4n) is 4.24. The number of ether oxygens (including phenoxy) is 6.